The number of nitrogens with one attached hydrogen (secondary N) is 1. The normalized spacial score (nSPS) is 35.1. The first-order chi connectivity index (χ1) is 7.04. The molecule has 1 rings (SSSR count). The number of amidine groups is 1. The number of rotatable bonds is 3. The maximum absolute atomic E-state index is 8.57. The molecule has 1 saturated carbocycles. The number of hydrogen-bond donors (Lipinski definition) is 3. The van der Waals surface area contributed by atoms with Gasteiger partial charge in [-0.3, -0.25) is 0 Å². The second kappa shape index (κ2) is 5.35. The van der Waals surface area contributed by atoms with Crippen LogP contribution in [0, 0.1) is 11.8 Å². The van der Waals surface area contributed by atoms with Crippen LogP contribution in [-0.2, 0) is 0 Å². The van der Waals surface area contributed by atoms with Crippen LogP contribution < -0.4 is 11.1 Å². The van der Waals surface area contributed by atoms with Crippen molar-refractivity contribution >= 4 is 5.84 Å². The van der Waals surface area contributed by atoms with Gasteiger partial charge in [-0.1, -0.05) is 19.0 Å². The van der Waals surface area contributed by atoms with Crippen molar-refractivity contribution in [2.75, 3.05) is 0 Å². The third-order valence-electron chi connectivity index (χ3n) is 3.45. The van der Waals surface area contributed by atoms with E-state index in [0.29, 0.717) is 12.0 Å². The van der Waals surface area contributed by atoms with E-state index in [9.17, 15) is 0 Å². The van der Waals surface area contributed by atoms with E-state index >= 15 is 0 Å². The number of nitrogens with two attached hydrogens (primary N) is 1. The maximum Gasteiger partial charge on any atom is 0.156 e. The van der Waals surface area contributed by atoms with Crippen LogP contribution in [0.25, 0.3) is 0 Å². The van der Waals surface area contributed by atoms with Gasteiger partial charge in [-0.2, -0.15) is 0 Å². The number of hydrogen-bond acceptors (Lipinski definition) is 3. The molecule has 1 aliphatic carbocycles. The van der Waals surface area contributed by atoms with E-state index in [0.717, 1.165) is 5.92 Å². The van der Waals surface area contributed by atoms with Crippen LogP contribution in [0.2, 0.25) is 0 Å². The Morgan fingerprint density at radius 3 is 2.67 bits per heavy atom. The fraction of sp³-hybridized carbons (Fsp3) is 0.909. The summed E-state index contributed by atoms with van der Waals surface area (Å²) in [5, 5.41) is 15.0. The molecular weight excluding hydrogens is 190 g/mol. The minimum atomic E-state index is -0.0455. The van der Waals surface area contributed by atoms with Gasteiger partial charge >= 0.3 is 0 Å². The molecule has 15 heavy (non-hydrogen) atoms. The Bertz CT molecular complexity index is 230. The average Bonchev–Trinajstić information content (AvgIpc) is 2.20. The lowest BCUT2D eigenvalue weighted by atomic mass is 9.79. The first-order valence-electron chi connectivity index (χ1n) is 5.78. The maximum atomic E-state index is 8.57. The smallest absolute Gasteiger partial charge is 0.156 e. The predicted molar refractivity (Wildman–Crippen MR) is 62.0 cm³/mol. The van der Waals surface area contributed by atoms with E-state index in [1.165, 1.54) is 19.3 Å². The molecule has 0 aliphatic heterocycles. The highest BCUT2D eigenvalue weighted by Crippen LogP contribution is 2.28. The number of oxime groups is 1. The zero-order valence-electron chi connectivity index (χ0n) is 9.90. The fourth-order valence-corrected chi connectivity index (χ4v) is 2.41. The molecule has 4 atom stereocenters. The van der Waals surface area contributed by atoms with Gasteiger partial charge in [0, 0.05) is 6.04 Å². The summed E-state index contributed by atoms with van der Waals surface area (Å²) in [5.41, 5.74) is 5.54. The summed E-state index contributed by atoms with van der Waals surface area (Å²) in [6.45, 7) is 6.51. The van der Waals surface area contributed by atoms with E-state index < -0.39 is 0 Å². The largest absolute Gasteiger partial charge is 0.409 e. The Balaban J connectivity index is 2.44. The second-order valence-corrected chi connectivity index (χ2v) is 4.92. The Labute approximate surface area is 91.9 Å². The molecule has 0 aromatic heterocycles. The van der Waals surface area contributed by atoms with Gasteiger partial charge in [0.15, 0.2) is 5.84 Å². The Hall–Kier alpha value is -0.770. The van der Waals surface area contributed by atoms with Crippen LogP contribution in [0.1, 0.15) is 40.0 Å². The molecule has 1 aliphatic rings. The third-order valence-corrected chi connectivity index (χ3v) is 3.45. The quantitative estimate of drug-likeness (QED) is 0.288. The summed E-state index contributed by atoms with van der Waals surface area (Å²) in [6, 6.07) is 0.451. The second-order valence-electron chi connectivity index (χ2n) is 4.92. The monoisotopic (exact) mass is 213 g/mol. The fourth-order valence-electron chi connectivity index (χ4n) is 2.41. The molecule has 4 N–H and O–H groups in total. The van der Waals surface area contributed by atoms with Crippen LogP contribution in [0.15, 0.2) is 5.16 Å². The van der Waals surface area contributed by atoms with Gasteiger partial charge in [0.2, 0.25) is 0 Å². The zero-order valence-corrected chi connectivity index (χ0v) is 9.90. The van der Waals surface area contributed by atoms with Crippen molar-refractivity contribution in [2.24, 2.45) is 22.7 Å². The highest BCUT2D eigenvalue weighted by atomic mass is 16.4. The van der Waals surface area contributed by atoms with Crippen LogP contribution in [0.5, 0.6) is 0 Å². The van der Waals surface area contributed by atoms with Gasteiger partial charge in [0.05, 0.1) is 6.04 Å². The Morgan fingerprint density at radius 1 is 1.47 bits per heavy atom. The minimum absolute atomic E-state index is 0.0455. The molecule has 4 nitrogen and oxygen atoms in total. The van der Waals surface area contributed by atoms with Crippen LogP contribution in [-0.4, -0.2) is 23.1 Å². The molecule has 0 heterocycles. The number of nitrogens with zero attached hydrogens (tertiary/aromatic N) is 1. The van der Waals surface area contributed by atoms with Gasteiger partial charge < -0.3 is 16.3 Å². The molecule has 4 heteroatoms. The van der Waals surface area contributed by atoms with E-state index in [1.54, 1.807) is 0 Å². The van der Waals surface area contributed by atoms with Crippen LogP contribution in [0.3, 0.4) is 0 Å². The SMILES string of the molecule is CC1CCC(NC(C)C(N)=NO)C(C)C1. The van der Waals surface area contributed by atoms with Crippen LogP contribution >= 0.6 is 0 Å². The molecule has 0 saturated heterocycles. The third kappa shape index (κ3) is 3.38. The standard InChI is InChI=1S/C11H23N3O/c1-7-4-5-10(8(2)6-7)13-9(3)11(12)14-15/h7-10,13,15H,4-6H2,1-3H3,(H2,12,14). The van der Waals surface area contributed by atoms with Crippen molar-refractivity contribution in [3.63, 3.8) is 0 Å². The summed E-state index contributed by atoms with van der Waals surface area (Å²) in [4.78, 5) is 0. The average molecular weight is 213 g/mol. The molecule has 0 radical (unpaired) electrons. The van der Waals surface area contributed by atoms with Crippen molar-refractivity contribution < 1.29 is 5.21 Å². The lowest BCUT2D eigenvalue weighted by molar-refractivity contribution is 0.223. The molecule has 0 aromatic carbocycles. The molecule has 0 amide bonds. The van der Waals surface area contributed by atoms with Crippen molar-refractivity contribution in [1.29, 1.82) is 0 Å². The molecule has 88 valence electrons. The molecule has 0 aromatic rings. The van der Waals surface area contributed by atoms with Gasteiger partial charge in [0.1, 0.15) is 0 Å². The van der Waals surface area contributed by atoms with E-state index in [4.69, 9.17) is 10.9 Å². The van der Waals surface area contributed by atoms with Crippen LogP contribution in [0.4, 0.5) is 0 Å². The molecule has 0 bridgehead atoms. The minimum Gasteiger partial charge on any atom is -0.409 e. The summed E-state index contributed by atoms with van der Waals surface area (Å²) in [6.07, 6.45) is 3.72. The van der Waals surface area contributed by atoms with E-state index in [-0.39, 0.29) is 11.9 Å². The van der Waals surface area contributed by atoms with Crippen molar-refractivity contribution in [3.05, 3.63) is 0 Å². The lowest BCUT2D eigenvalue weighted by Crippen LogP contribution is -2.48. The Morgan fingerprint density at radius 2 is 2.13 bits per heavy atom. The molecule has 1 fully saturated rings. The van der Waals surface area contributed by atoms with E-state index in [2.05, 4.69) is 24.3 Å². The summed E-state index contributed by atoms with van der Waals surface area (Å²) in [7, 11) is 0. The van der Waals surface area contributed by atoms with Gasteiger partial charge in [-0.05, 0) is 38.0 Å². The first kappa shape index (κ1) is 12.3. The van der Waals surface area contributed by atoms with E-state index in [1.807, 2.05) is 6.92 Å². The highest BCUT2D eigenvalue weighted by Gasteiger charge is 2.26. The summed E-state index contributed by atoms with van der Waals surface area (Å²) in [5.74, 6) is 1.76. The lowest BCUT2D eigenvalue weighted by Gasteiger charge is -2.34. The zero-order chi connectivity index (χ0) is 11.4. The topological polar surface area (TPSA) is 70.6 Å². The highest BCUT2D eigenvalue weighted by molar-refractivity contribution is 5.84. The van der Waals surface area contributed by atoms with Gasteiger partial charge in [-0.25, -0.2) is 0 Å². The van der Waals surface area contributed by atoms with Gasteiger partial charge in [-0.15, -0.1) is 0 Å². The Kier molecular flexibility index (Phi) is 4.39. The van der Waals surface area contributed by atoms with Crippen molar-refractivity contribution in [3.8, 4) is 0 Å². The molecular formula is C11H23N3O. The molecule has 4 unspecified atom stereocenters. The predicted octanol–water partition coefficient (Wildman–Crippen LogP) is 1.54. The summed E-state index contributed by atoms with van der Waals surface area (Å²) < 4.78 is 0. The van der Waals surface area contributed by atoms with Crippen molar-refractivity contribution in [2.45, 2.75) is 52.1 Å². The van der Waals surface area contributed by atoms with Crippen molar-refractivity contribution in [1.82, 2.24) is 5.32 Å². The summed E-state index contributed by atoms with van der Waals surface area (Å²) >= 11 is 0. The first-order valence-corrected chi connectivity index (χ1v) is 5.78. The van der Waals surface area contributed by atoms with Gasteiger partial charge in [0.25, 0.3) is 0 Å². The molecule has 0 spiro atoms.